The Morgan fingerprint density at radius 3 is 2.27 bits per heavy atom. The van der Waals surface area contributed by atoms with E-state index >= 15 is 0 Å². The molecular weight excluding hydrogens is 302 g/mol. The van der Waals surface area contributed by atoms with Gasteiger partial charge in [0.25, 0.3) is 5.89 Å². The second-order valence-electron chi connectivity index (χ2n) is 4.74. The number of aromatic nitrogens is 2. The van der Waals surface area contributed by atoms with Crippen LogP contribution in [0.4, 0.5) is 5.69 Å². The van der Waals surface area contributed by atoms with Gasteiger partial charge in [0.05, 0.1) is 6.26 Å². The first-order valence-corrected chi connectivity index (χ1v) is 8.38. The molecule has 1 aromatic heterocycles. The van der Waals surface area contributed by atoms with Crippen molar-refractivity contribution in [1.82, 2.24) is 10.1 Å². The first-order chi connectivity index (χ1) is 10.5. The SMILES string of the molecule is CS(=O)(=O)Nc1ccc(-c2nc(-c3ccccc3)no2)cc1. The molecule has 2 aromatic carbocycles. The summed E-state index contributed by atoms with van der Waals surface area (Å²) in [6.07, 6.45) is 1.10. The van der Waals surface area contributed by atoms with Gasteiger partial charge in [0, 0.05) is 16.8 Å². The zero-order valence-corrected chi connectivity index (χ0v) is 12.5. The van der Waals surface area contributed by atoms with Gasteiger partial charge in [0.1, 0.15) is 0 Å². The second kappa shape index (κ2) is 5.61. The number of hydrogen-bond acceptors (Lipinski definition) is 5. The van der Waals surface area contributed by atoms with Crippen LogP contribution in [0, 0.1) is 0 Å². The van der Waals surface area contributed by atoms with E-state index in [1.54, 1.807) is 24.3 Å². The summed E-state index contributed by atoms with van der Waals surface area (Å²) in [4.78, 5) is 4.34. The van der Waals surface area contributed by atoms with Gasteiger partial charge in [-0.15, -0.1) is 0 Å². The first-order valence-electron chi connectivity index (χ1n) is 6.49. The maximum Gasteiger partial charge on any atom is 0.258 e. The Morgan fingerprint density at radius 1 is 0.955 bits per heavy atom. The van der Waals surface area contributed by atoms with Crippen LogP contribution in [-0.4, -0.2) is 24.8 Å². The molecule has 0 saturated heterocycles. The fourth-order valence-electron chi connectivity index (χ4n) is 1.94. The summed E-state index contributed by atoms with van der Waals surface area (Å²) >= 11 is 0. The van der Waals surface area contributed by atoms with Crippen LogP contribution < -0.4 is 4.72 Å². The van der Waals surface area contributed by atoms with Crippen LogP contribution in [0.25, 0.3) is 22.8 Å². The van der Waals surface area contributed by atoms with Crippen LogP contribution in [0.3, 0.4) is 0 Å². The van der Waals surface area contributed by atoms with Crippen molar-refractivity contribution in [2.75, 3.05) is 11.0 Å². The normalized spacial score (nSPS) is 11.3. The van der Waals surface area contributed by atoms with Crippen molar-refractivity contribution in [3.8, 4) is 22.8 Å². The molecule has 0 saturated carbocycles. The van der Waals surface area contributed by atoms with E-state index in [4.69, 9.17) is 4.52 Å². The van der Waals surface area contributed by atoms with Crippen LogP contribution in [0.5, 0.6) is 0 Å². The van der Waals surface area contributed by atoms with Gasteiger partial charge in [0.15, 0.2) is 0 Å². The van der Waals surface area contributed by atoms with E-state index in [0.29, 0.717) is 23.0 Å². The smallest absolute Gasteiger partial charge is 0.258 e. The molecule has 1 heterocycles. The average Bonchev–Trinajstić information content (AvgIpc) is 2.97. The minimum atomic E-state index is -3.29. The molecule has 0 unspecified atom stereocenters. The molecule has 3 rings (SSSR count). The molecule has 0 aliphatic heterocycles. The molecule has 0 amide bonds. The lowest BCUT2D eigenvalue weighted by Crippen LogP contribution is -2.09. The van der Waals surface area contributed by atoms with Crippen molar-refractivity contribution in [3.05, 3.63) is 54.6 Å². The van der Waals surface area contributed by atoms with Crippen molar-refractivity contribution < 1.29 is 12.9 Å². The molecule has 0 fully saturated rings. The third kappa shape index (κ3) is 3.32. The van der Waals surface area contributed by atoms with Gasteiger partial charge in [0.2, 0.25) is 15.8 Å². The Labute approximate surface area is 127 Å². The Hall–Kier alpha value is -2.67. The van der Waals surface area contributed by atoms with Crippen LogP contribution in [0.1, 0.15) is 0 Å². The highest BCUT2D eigenvalue weighted by Crippen LogP contribution is 2.23. The van der Waals surface area contributed by atoms with Gasteiger partial charge in [-0.25, -0.2) is 8.42 Å². The Kier molecular flexibility index (Phi) is 3.64. The van der Waals surface area contributed by atoms with Crippen molar-refractivity contribution in [2.45, 2.75) is 0 Å². The Balaban J connectivity index is 1.85. The van der Waals surface area contributed by atoms with E-state index in [9.17, 15) is 8.42 Å². The number of anilines is 1. The molecule has 3 aromatic rings. The predicted octanol–water partition coefficient (Wildman–Crippen LogP) is 2.78. The molecule has 112 valence electrons. The van der Waals surface area contributed by atoms with Gasteiger partial charge >= 0.3 is 0 Å². The first kappa shape index (κ1) is 14.3. The summed E-state index contributed by atoms with van der Waals surface area (Å²) in [5.41, 5.74) is 2.07. The Bertz CT molecular complexity index is 872. The van der Waals surface area contributed by atoms with Crippen LogP contribution in [-0.2, 0) is 10.0 Å². The van der Waals surface area contributed by atoms with Crippen molar-refractivity contribution >= 4 is 15.7 Å². The summed E-state index contributed by atoms with van der Waals surface area (Å²) in [5.74, 6) is 0.888. The predicted molar refractivity (Wildman–Crippen MR) is 83.6 cm³/mol. The number of hydrogen-bond donors (Lipinski definition) is 1. The van der Waals surface area contributed by atoms with E-state index in [2.05, 4.69) is 14.9 Å². The fourth-order valence-corrected chi connectivity index (χ4v) is 2.50. The molecular formula is C15H13N3O3S. The fraction of sp³-hybridized carbons (Fsp3) is 0.0667. The second-order valence-corrected chi connectivity index (χ2v) is 6.49. The summed E-state index contributed by atoms with van der Waals surface area (Å²) in [5, 5.41) is 3.95. The summed E-state index contributed by atoms with van der Waals surface area (Å²) in [7, 11) is -3.29. The van der Waals surface area contributed by atoms with Crippen molar-refractivity contribution in [2.24, 2.45) is 0 Å². The molecule has 1 N–H and O–H groups in total. The number of benzene rings is 2. The molecule has 0 atom stereocenters. The molecule has 7 heteroatoms. The van der Waals surface area contributed by atoms with Gasteiger partial charge in [-0.1, -0.05) is 35.5 Å². The summed E-state index contributed by atoms with van der Waals surface area (Å²) in [6, 6.07) is 16.2. The van der Waals surface area contributed by atoms with Crippen LogP contribution in [0.2, 0.25) is 0 Å². The van der Waals surface area contributed by atoms with Gasteiger partial charge in [-0.3, -0.25) is 4.72 Å². The highest BCUT2D eigenvalue weighted by atomic mass is 32.2. The number of sulfonamides is 1. The largest absolute Gasteiger partial charge is 0.334 e. The number of nitrogens with zero attached hydrogens (tertiary/aromatic N) is 2. The van der Waals surface area contributed by atoms with E-state index in [1.807, 2.05) is 30.3 Å². The zero-order chi connectivity index (χ0) is 15.6. The van der Waals surface area contributed by atoms with E-state index < -0.39 is 10.0 Å². The summed E-state index contributed by atoms with van der Waals surface area (Å²) in [6.45, 7) is 0. The summed E-state index contributed by atoms with van der Waals surface area (Å²) < 4.78 is 30.0. The Morgan fingerprint density at radius 2 is 1.64 bits per heavy atom. The average molecular weight is 315 g/mol. The molecule has 0 aliphatic carbocycles. The van der Waals surface area contributed by atoms with E-state index in [0.717, 1.165) is 11.8 Å². The van der Waals surface area contributed by atoms with E-state index in [-0.39, 0.29) is 0 Å². The third-order valence-electron chi connectivity index (χ3n) is 2.89. The maximum absolute atomic E-state index is 11.2. The standard InChI is InChI=1S/C15H13N3O3S/c1-22(19,20)18-13-9-7-12(8-10-13)15-16-14(17-21-15)11-5-3-2-4-6-11/h2-10,18H,1H3. The lowest BCUT2D eigenvalue weighted by molar-refractivity contribution is 0.432. The monoisotopic (exact) mass is 315 g/mol. The van der Waals surface area contributed by atoms with Crippen LogP contribution in [0.15, 0.2) is 59.1 Å². The molecule has 22 heavy (non-hydrogen) atoms. The number of rotatable bonds is 4. The van der Waals surface area contributed by atoms with Gasteiger partial charge < -0.3 is 4.52 Å². The lowest BCUT2D eigenvalue weighted by atomic mass is 10.2. The molecule has 0 spiro atoms. The zero-order valence-electron chi connectivity index (χ0n) is 11.7. The quantitative estimate of drug-likeness (QED) is 0.800. The highest BCUT2D eigenvalue weighted by molar-refractivity contribution is 7.92. The molecule has 0 bridgehead atoms. The topological polar surface area (TPSA) is 85.1 Å². The van der Waals surface area contributed by atoms with Crippen LogP contribution >= 0.6 is 0 Å². The molecule has 0 aliphatic rings. The van der Waals surface area contributed by atoms with Crippen molar-refractivity contribution in [1.29, 1.82) is 0 Å². The highest BCUT2D eigenvalue weighted by Gasteiger charge is 2.10. The minimum absolute atomic E-state index is 0.379. The van der Waals surface area contributed by atoms with E-state index in [1.165, 1.54) is 0 Å². The van der Waals surface area contributed by atoms with Crippen molar-refractivity contribution in [3.63, 3.8) is 0 Å². The number of nitrogens with one attached hydrogen (secondary N) is 1. The van der Waals surface area contributed by atoms with Gasteiger partial charge in [-0.05, 0) is 24.3 Å². The third-order valence-corrected chi connectivity index (χ3v) is 3.50. The maximum atomic E-state index is 11.2. The molecule has 6 nitrogen and oxygen atoms in total. The molecule has 0 radical (unpaired) electrons. The van der Waals surface area contributed by atoms with Gasteiger partial charge in [-0.2, -0.15) is 4.98 Å². The minimum Gasteiger partial charge on any atom is -0.334 e. The lowest BCUT2D eigenvalue weighted by Gasteiger charge is -2.03.